The topological polar surface area (TPSA) is 32.5 Å². The average molecular weight is 247 g/mol. The molecule has 0 aromatic heterocycles. The van der Waals surface area contributed by atoms with E-state index >= 15 is 0 Å². The number of aliphatic hydroxyl groups is 1. The molecule has 0 spiro atoms. The third kappa shape index (κ3) is 2.17. The van der Waals surface area contributed by atoms with Gasteiger partial charge < -0.3 is 14.7 Å². The molecule has 0 amide bonds. The van der Waals surface area contributed by atoms with Gasteiger partial charge in [-0.3, -0.25) is 0 Å². The van der Waals surface area contributed by atoms with Gasteiger partial charge in [-0.2, -0.15) is 13.2 Å². The number of rotatable bonds is 3. The molecular weight excluding hydrogens is 235 g/mol. The summed E-state index contributed by atoms with van der Waals surface area (Å²) in [6.07, 6.45) is -4.31. The summed E-state index contributed by atoms with van der Waals surface area (Å²) in [6.45, 7) is -0.504. The van der Waals surface area contributed by atoms with Gasteiger partial charge in [0.25, 0.3) is 0 Å². The van der Waals surface area contributed by atoms with Crippen LogP contribution in [0.15, 0.2) is 24.3 Å². The van der Waals surface area contributed by atoms with E-state index < -0.39 is 24.9 Å². The number of benzene rings is 1. The van der Waals surface area contributed by atoms with Crippen LogP contribution in [0.5, 0.6) is 5.75 Å². The van der Waals surface area contributed by atoms with Crippen molar-refractivity contribution in [3.63, 3.8) is 0 Å². The SMILES string of the molecule is COc1ccc(N2[C@H](C(F)(F)F)[C@@H]2CO)cc1. The Labute approximate surface area is 96.4 Å². The first-order valence-corrected chi connectivity index (χ1v) is 5.09. The Bertz CT molecular complexity index is 391. The zero-order chi connectivity index (χ0) is 12.6. The van der Waals surface area contributed by atoms with Crippen molar-refractivity contribution < 1.29 is 23.0 Å². The van der Waals surface area contributed by atoms with Crippen molar-refractivity contribution in [2.75, 3.05) is 18.6 Å². The highest BCUT2D eigenvalue weighted by Crippen LogP contribution is 2.44. The lowest BCUT2D eigenvalue weighted by Crippen LogP contribution is -2.22. The minimum absolute atomic E-state index is 0.437. The van der Waals surface area contributed by atoms with E-state index in [0.29, 0.717) is 11.4 Å². The van der Waals surface area contributed by atoms with Crippen molar-refractivity contribution in [1.82, 2.24) is 0 Å². The zero-order valence-corrected chi connectivity index (χ0v) is 9.11. The molecule has 0 aliphatic carbocycles. The molecule has 1 fully saturated rings. The largest absolute Gasteiger partial charge is 0.497 e. The minimum atomic E-state index is -4.31. The van der Waals surface area contributed by atoms with Gasteiger partial charge >= 0.3 is 6.18 Å². The maximum atomic E-state index is 12.6. The van der Waals surface area contributed by atoms with Crippen LogP contribution in [0, 0.1) is 0 Å². The fourth-order valence-corrected chi connectivity index (χ4v) is 1.95. The van der Waals surface area contributed by atoms with Crippen molar-refractivity contribution >= 4 is 5.69 Å². The van der Waals surface area contributed by atoms with Crippen LogP contribution in [-0.2, 0) is 0 Å². The average Bonchev–Trinajstić information content (AvgIpc) is 3.03. The van der Waals surface area contributed by atoms with E-state index in [1.165, 1.54) is 7.11 Å². The molecule has 1 aromatic carbocycles. The molecule has 1 aliphatic heterocycles. The van der Waals surface area contributed by atoms with Gasteiger partial charge in [0.05, 0.1) is 19.8 Å². The monoisotopic (exact) mass is 247 g/mol. The fourth-order valence-electron chi connectivity index (χ4n) is 1.95. The number of alkyl halides is 3. The van der Waals surface area contributed by atoms with Gasteiger partial charge in [-0.15, -0.1) is 0 Å². The Balaban J connectivity index is 2.17. The minimum Gasteiger partial charge on any atom is -0.497 e. The van der Waals surface area contributed by atoms with Gasteiger partial charge in [-0.25, -0.2) is 0 Å². The van der Waals surface area contributed by atoms with Gasteiger partial charge in [0, 0.05) is 5.69 Å². The first kappa shape index (κ1) is 12.0. The normalized spacial score (nSPS) is 23.7. The second-order valence-corrected chi connectivity index (χ2v) is 3.84. The van der Waals surface area contributed by atoms with E-state index in [-0.39, 0.29) is 0 Å². The molecule has 17 heavy (non-hydrogen) atoms. The van der Waals surface area contributed by atoms with Crippen LogP contribution < -0.4 is 9.64 Å². The smallest absolute Gasteiger partial charge is 0.410 e. The van der Waals surface area contributed by atoms with Crippen LogP contribution in [0.2, 0.25) is 0 Å². The van der Waals surface area contributed by atoms with E-state index in [1.54, 1.807) is 24.3 Å². The lowest BCUT2D eigenvalue weighted by Gasteiger charge is -2.08. The number of aliphatic hydroxyl groups excluding tert-OH is 1. The Hall–Kier alpha value is -1.43. The lowest BCUT2D eigenvalue weighted by molar-refractivity contribution is -0.128. The van der Waals surface area contributed by atoms with Gasteiger partial charge in [0.2, 0.25) is 0 Å². The van der Waals surface area contributed by atoms with Crippen LogP contribution in [0.4, 0.5) is 18.9 Å². The highest BCUT2D eigenvalue weighted by Gasteiger charge is 2.62. The quantitative estimate of drug-likeness (QED) is 0.827. The number of halogens is 3. The van der Waals surface area contributed by atoms with Crippen molar-refractivity contribution in [3.05, 3.63) is 24.3 Å². The first-order chi connectivity index (χ1) is 7.99. The molecule has 94 valence electrons. The summed E-state index contributed by atoms with van der Waals surface area (Å²) in [6, 6.07) is 3.83. The highest BCUT2D eigenvalue weighted by atomic mass is 19.4. The number of hydrogen-bond acceptors (Lipinski definition) is 3. The summed E-state index contributed by atoms with van der Waals surface area (Å²) in [5.74, 6) is 0.583. The Morgan fingerprint density at radius 2 is 1.88 bits per heavy atom. The maximum absolute atomic E-state index is 12.6. The molecule has 1 saturated heterocycles. The molecule has 6 heteroatoms. The molecule has 1 aliphatic rings. The molecule has 1 N–H and O–H groups in total. The summed E-state index contributed by atoms with van der Waals surface area (Å²) >= 11 is 0. The number of anilines is 1. The van der Waals surface area contributed by atoms with E-state index in [9.17, 15) is 13.2 Å². The second kappa shape index (κ2) is 4.10. The predicted octanol–water partition coefficient (Wildman–Crippen LogP) is 1.81. The van der Waals surface area contributed by atoms with Gasteiger partial charge in [-0.1, -0.05) is 0 Å². The zero-order valence-electron chi connectivity index (χ0n) is 9.11. The molecule has 0 saturated carbocycles. The molecule has 1 aromatic rings. The summed E-state index contributed by atoms with van der Waals surface area (Å²) < 4.78 is 42.7. The number of hydrogen-bond donors (Lipinski definition) is 1. The number of methoxy groups -OCH3 is 1. The standard InChI is InChI=1S/C11H12F3NO2/c1-17-8-4-2-7(3-5-8)15-9(6-16)10(15)11(12,13)14/h2-5,9-10,16H,6H2,1H3/t9-,10-,15?/m0/s1. The lowest BCUT2D eigenvalue weighted by atomic mass is 10.3. The van der Waals surface area contributed by atoms with E-state index in [0.717, 1.165) is 4.90 Å². The van der Waals surface area contributed by atoms with Crippen molar-refractivity contribution in [1.29, 1.82) is 0 Å². The summed E-state index contributed by atoms with van der Waals surface area (Å²) in [4.78, 5) is 1.15. The molecule has 0 radical (unpaired) electrons. The third-order valence-electron chi connectivity index (χ3n) is 2.82. The highest BCUT2D eigenvalue weighted by molar-refractivity contribution is 5.58. The summed E-state index contributed by atoms with van der Waals surface area (Å²) in [5.41, 5.74) is 0.437. The van der Waals surface area contributed by atoms with Crippen molar-refractivity contribution in [2.45, 2.75) is 18.3 Å². The third-order valence-corrected chi connectivity index (χ3v) is 2.82. The Morgan fingerprint density at radius 1 is 1.29 bits per heavy atom. The number of ether oxygens (including phenoxy) is 1. The molecule has 2 rings (SSSR count). The van der Waals surface area contributed by atoms with Crippen LogP contribution in [0.3, 0.4) is 0 Å². The Morgan fingerprint density at radius 3 is 2.24 bits per heavy atom. The van der Waals surface area contributed by atoms with Gasteiger partial charge in [0.1, 0.15) is 11.8 Å². The van der Waals surface area contributed by atoms with Crippen LogP contribution in [-0.4, -0.2) is 37.1 Å². The van der Waals surface area contributed by atoms with Gasteiger partial charge in [0.15, 0.2) is 0 Å². The predicted molar refractivity (Wildman–Crippen MR) is 56.2 cm³/mol. The van der Waals surface area contributed by atoms with Crippen LogP contribution in [0.1, 0.15) is 0 Å². The van der Waals surface area contributed by atoms with Crippen molar-refractivity contribution in [3.8, 4) is 5.75 Å². The van der Waals surface area contributed by atoms with E-state index in [4.69, 9.17) is 9.84 Å². The van der Waals surface area contributed by atoms with Gasteiger partial charge in [-0.05, 0) is 24.3 Å². The summed E-state index contributed by atoms with van der Waals surface area (Å²) in [7, 11) is 1.49. The van der Waals surface area contributed by atoms with Crippen molar-refractivity contribution in [2.24, 2.45) is 0 Å². The van der Waals surface area contributed by atoms with E-state index in [1.807, 2.05) is 0 Å². The Kier molecular flexibility index (Phi) is 2.91. The number of nitrogens with zero attached hydrogens (tertiary/aromatic N) is 1. The summed E-state index contributed by atoms with van der Waals surface area (Å²) in [5, 5.41) is 8.91. The van der Waals surface area contributed by atoms with E-state index in [2.05, 4.69) is 0 Å². The maximum Gasteiger partial charge on any atom is 0.410 e. The molecular formula is C11H12F3NO2. The van der Waals surface area contributed by atoms with Crippen LogP contribution >= 0.6 is 0 Å². The molecule has 0 unspecified atom stereocenters. The molecule has 0 bridgehead atoms. The molecule has 2 atom stereocenters. The molecule has 3 nitrogen and oxygen atoms in total. The first-order valence-electron chi connectivity index (χ1n) is 5.09. The second-order valence-electron chi connectivity index (χ2n) is 3.84. The van der Waals surface area contributed by atoms with Crippen LogP contribution in [0.25, 0.3) is 0 Å². The molecule has 1 heterocycles. The fraction of sp³-hybridized carbons (Fsp3) is 0.455.